The van der Waals surface area contributed by atoms with Gasteiger partial charge in [0.1, 0.15) is 5.82 Å². The van der Waals surface area contributed by atoms with Crippen LogP contribution in [0.3, 0.4) is 0 Å². The van der Waals surface area contributed by atoms with Crippen molar-refractivity contribution in [1.82, 2.24) is 0 Å². The first-order chi connectivity index (χ1) is 14.3. The van der Waals surface area contributed by atoms with Crippen molar-refractivity contribution in [2.24, 2.45) is 0 Å². The van der Waals surface area contributed by atoms with Crippen molar-refractivity contribution in [3.05, 3.63) is 78.1 Å². The molecule has 1 aliphatic rings. The van der Waals surface area contributed by atoms with Crippen molar-refractivity contribution >= 4 is 53.3 Å². The first-order valence-electron chi connectivity index (χ1n) is 9.05. The van der Waals surface area contributed by atoms with E-state index in [1.54, 1.807) is 24.3 Å². The van der Waals surface area contributed by atoms with Gasteiger partial charge in [0, 0.05) is 26.7 Å². The number of thioether (sulfide) groups is 1. The summed E-state index contributed by atoms with van der Waals surface area (Å²) < 4.78 is 12.0. The predicted octanol–water partition coefficient (Wildman–Crippen LogP) is 5.07. The lowest BCUT2D eigenvalue weighted by molar-refractivity contribution is -0.115. The van der Waals surface area contributed by atoms with Gasteiger partial charge in [-0.3, -0.25) is 9.59 Å². The minimum absolute atomic E-state index is 0.0437. The summed E-state index contributed by atoms with van der Waals surface area (Å²) in [6.45, 7) is 1.86. The Hall–Kier alpha value is -2.97. The van der Waals surface area contributed by atoms with Gasteiger partial charge < -0.3 is 16.4 Å². The van der Waals surface area contributed by atoms with Crippen molar-refractivity contribution < 1.29 is 14.0 Å². The van der Waals surface area contributed by atoms with Crippen LogP contribution < -0.4 is 16.4 Å². The van der Waals surface area contributed by atoms with Gasteiger partial charge in [-0.05, 0) is 67.6 Å². The molecule has 30 heavy (non-hydrogen) atoms. The predicted molar refractivity (Wildman–Crippen MR) is 123 cm³/mol. The molecule has 1 aliphatic heterocycles. The van der Waals surface area contributed by atoms with Crippen LogP contribution in [0.25, 0.3) is 0 Å². The minimum Gasteiger partial charge on any atom is -0.399 e. The van der Waals surface area contributed by atoms with Gasteiger partial charge in [0.2, 0.25) is 5.91 Å². The van der Waals surface area contributed by atoms with Crippen LogP contribution >= 0.6 is 24.4 Å². The van der Waals surface area contributed by atoms with Gasteiger partial charge in [-0.1, -0.05) is 6.07 Å². The fourth-order valence-corrected chi connectivity index (χ4v) is 3.76. The van der Waals surface area contributed by atoms with E-state index < -0.39 is 0 Å². The summed E-state index contributed by atoms with van der Waals surface area (Å²) in [4.78, 5) is 25.8. The summed E-state index contributed by atoms with van der Waals surface area (Å²) in [5, 5.41) is 5.52. The van der Waals surface area contributed by atoms with E-state index in [0.29, 0.717) is 22.6 Å². The van der Waals surface area contributed by atoms with E-state index in [0.717, 1.165) is 9.79 Å². The number of halogens is 1. The van der Waals surface area contributed by atoms with Crippen molar-refractivity contribution in [2.45, 2.75) is 22.0 Å². The van der Waals surface area contributed by atoms with Crippen LogP contribution in [0.5, 0.6) is 0 Å². The highest BCUT2D eigenvalue weighted by atomic mass is 32.2. The summed E-state index contributed by atoms with van der Waals surface area (Å²) in [5.41, 5.74) is 7.71. The third kappa shape index (κ3) is 5.77. The molecule has 8 heteroatoms. The molecule has 0 fully saturated rings. The monoisotopic (exact) mass is 441 g/mol. The Balaban J connectivity index is 0.000000269. The van der Waals surface area contributed by atoms with E-state index in [9.17, 15) is 14.0 Å². The topological polar surface area (TPSA) is 84.2 Å². The van der Waals surface area contributed by atoms with Crippen LogP contribution in [0.15, 0.2) is 76.5 Å². The average molecular weight is 442 g/mol. The van der Waals surface area contributed by atoms with Crippen molar-refractivity contribution in [2.75, 3.05) is 16.4 Å². The number of amides is 2. The summed E-state index contributed by atoms with van der Waals surface area (Å²) in [6, 6.07) is 18.3. The zero-order valence-electron chi connectivity index (χ0n) is 16.1. The first kappa shape index (κ1) is 21.7. The number of nitrogens with one attached hydrogen (secondary N) is 2. The van der Waals surface area contributed by atoms with Gasteiger partial charge >= 0.3 is 0 Å². The van der Waals surface area contributed by atoms with Crippen LogP contribution in [0.1, 0.15) is 17.3 Å². The molecule has 0 aliphatic carbocycles. The second kappa shape index (κ2) is 9.69. The molecule has 0 spiro atoms. The van der Waals surface area contributed by atoms with Crippen LogP contribution in [-0.2, 0) is 4.79 Å². The maximum Gasteiger partial charge on any atom is 0.255 e. The van der Waals surface area contributed by atoms with E-state index >= 15 is 0 Å². The molecule has 0 saturated carbocycles. The molecule has 0 saturated heterocycles. The van der Waals surface area contributed by atoms with Crippen LogP contribution in [0, 0.1) is 5.82 Å². The van der Waals surface area contributed by atoms with E-state index in [4.69, 9.17) is 5.73 Å². The molecule has 4 rings (SSSR count). The van der Waals surface area contributed by atoms with Crippen molar-refractivity contribution in [3.8, 4) is 0 Å². The second-order valence-corrected chi connectivity index (χ2v) is 8.42. The maximum absolute atomic E-state index is 12.3. The number of hydrogen-bond donors (Lipinski definition) is 4. The van der Waals surface area contributed by atoms with Gasteiger partial charge in [-0.25, -0.2) is 4.39 Å². The number of fused-ring (bicyclic) bond motifs is 1. The largest absolute Gasteiger partial charge is 0.399 e. The summed E-state index contributed by atoms with van der Waals surface area (Å²) in [7, 11) is 0. The number of carbonyl (C=O) groups is 2. The SMILES string of the molecule is CC1Sc2ccc(C(=O)Nc3cccc(S)c3)cc2NC1=O.Nc1ccc(F)cc1. The number of carbonyl (C=O) groups excluding carboxylic acids is 2. The fourth-order valence-electron chi connectivity index (χ4n) is 2.60. The quantitative estimate of drug-likeness (QED) is 0.331. The van der Waals surface area contributed by atoms with Crippen molar-refractivity contribution in [1.29, 1.82) is 0 Å². The molecular weight excluding hydrogens is 421 g/mol. The van der Waals surface area contributed by atoms with Crippen molar-refractivity contribution in [3.63, 3.8) is 0 Å². The second-order valence-electron chi connectivity index (χ2n) is 6.52. The number of nitrogens with two attached hydrogens (primary N) is 1. The number of benzene rings is 3. The maximum atomic E-state index is 12.3. The molecule has 0 bridgehead atoms. The zero-order valence-corrected chi connectivity index (χ0v) is 17.8. The van der Waals surface area contributed by atoms with Crippen LogP contribution in [-0.4, -0.2) is 17.1 Å². The fraction of sp³-hybridized carbons (Fsp3) is 0.0909. The number of hydrogen-bond acceptors (Lipinski definition) is 5. The molecule has 0 aromatic heterocycles. The molecule has 1 heterocycles. The Kier molecular flexibility index (Phi) is 7.02. The molecular formula is C22H20FN3O2S2. The van der Waals surface area contributed by atoms with Gasteiger partial charge in [0.25, 0.3) is 5.91 Å². The molecule has 4 N–H and O–H groups in total. The Morgan fingerprint density at radius 2 is 1.87 bits per heavy atom. The number of thiol groups is 1. The molecule has 1 atom stereocenters. The number of nitrogen functional groups attached to an aromatic ring is 1. The smallest absolute Gasteiger partial charge is 0.255 e. The highest BCUT2D eigenvalue weighted by molar-refractivity contribution is 8.00. The Labute approximate surface area is 183 Å². The highest BCUT2D eigenvalue weighted by Gasteiger charge is 2.23. The normalized spacial score (nSPS) is 14.6. The Morgan fingerprint density at radius 1 is 1.13 bits per heavy atom. The average Bonchev–Trinajstić information content (AvgIpc) is 2.71. The summed E-state index contributed by atoms with van der Waals surface area (Å²) in [6.07, 6.45) is 0. The Morgan fingerprint density at radius 3 is 2.53 bits per heavy atom. The molecule has 5 nitrogen and oxygen atoms in total. The van der Waals surface area contributed by atoms with Gasteiger partial charge in [0.05, 0.1) is 10.9 Å². The van der Waals surface area contributed by atoms with Gasteiger partial charge in [0.15, 0.2) is 0 Å². The van der Waals surface area contributed by atoms with E-state index in [-0.39, 0.29) is 22.9 Å². The molecule has 1 unspecified atom stereocenters. The van der Waals surface area contributed by atoms with E-state index in [1.807, 2.05) is 25.1 Å². The van der Waals surface area contributed by atoms with E-state index in [2.05, 4.69) is 23.3 Å². The lowest BCUT2D eigenvalue weighted by atomic mass is 10.1. The summed E-state index contributed by atoms with van der Waals surface area (Å²) >= 11 is 5.74. The zero-order chi connectivity index (χ0) is 21.7. The highest BCUT2D eigenvalue weighted by Crippen LogP contribution is 2.36. The van der Waals surface area contributed by atoms with Crippen LogP contribution in [0.4, 0.5) is 21.5 Å². The van der Waals surface area contributed by atoms with E-state index in [1.165, 1.54) is 36.0 Å². The Bertz CT molecular complexity index is 1050. The standard InChI is InChI=1S/C16H14N2O2S2.C6H6FN/c1-9-15(19)18-13-7-10(5-6-14(13)22-9)16(20)17-11-3-2-4-12(21)8-11;7-5-1-3-6(8)4-2-5/h2-9,21H,1H3,(H,17,20)(H,18,19);1-4H,8H2. The minimum atomic E-state index is -0.251. The molecule has 154 valence electrons. The first-order valence-corrected chi connectivity index (χ1v) is 10.4. The lowest BCUT2D eigenvalue weighted by Crippen LogP contribution is -2.26. The molecule has 2 amide bonds. The molecule has 3 aromatic rings. The summed E-state index contributed by atoms with van der Waals surface area (Å²) in [5.74, 6) is -0.517. The lowest BCUT2D eigenvalue weighted by Gasteiger charge is -2.21. The third-order valence-electron chi connectivity index (χ3n) is 4.15. The molecule has 0 radical (unpaired) electrons. The number of rotatable bonds is 2. The number of anilines is 3. The van der Waals surface area contributed by atoms with Gasteiger partial charge in [-0.2, -0.15) is 0 Å². The molecule has 3 aromatic carbocycles. The van der Waals surface area contributed by atoms with Gasteiger partial charge in [-0.15, -0.1) is 24.4 Å². The van der Waals surface area contributed by atoms with Crippen LogP contribution in [0.2, 0.25) is 0 Å². The third-order valence-corrected chi connectivity index (χ3v) is 5.60.